The van der Waals surface area contributed by atoms with Crippen LogP contribution in [0.15, 0.2) is 34.2 Å². The first-order valence-electron chi connectivity index (χ1n) is 9.12. The molecule has 3 rings (SSSR count). The fraction of sp³-hybridized carbons (Fsp3) is 0.611. The van der Waals surface area contributed by atoms with Gasteiger partial charge in [-0.3, -0.25) is 0 Å². The molecular formula is C18H28N4O2S. The quantitative estimate of drug-likeness (QED) is 0.631. The molecule has 2 unspecified atom stereocenters. The van der Waals surface area contributed by atoms with E-state index in [1.807, 2.05) is 0 Å². The molecule has 0 aromatic heterocycles. The zero-order valence-corrected chi connectivity index (χ0v) is 15.6. The summed E-state index contributed by atoms with van der Waals surface area (Å²) in [5.41, 5.74) is 0.972. The second kappa shape index (κ2) is 7.74. The number of guanidine groups is 1. The summed E-state index contributed by atoms with van der Waals surface area (Å²) in [6, 6.07) is 6.63. The van der Waals surface area contributed by atoms with Crippen molar-refractivity contribution in [2.45, 2.75) is 44.0 Å². The Morgan fingerprint density at radius 1 is 1.20 bits per heavy atom. The highest BCUT2D eigenvalue weighted by molar-refractivity contribution is 7.89. The Balaban J connectivity index is 1.68. The highest BCUT2D eigenvalue weighted by Gasteiger charge is 2.35. The number of likely N-dealkylation sites (tertiary alicyclic amines) is 1. The maximum absolute atomic E-state index is 11.3. The van der Waals surface area contributed by atoms with E-state index >= 15 is 0 Å². The number of hydrogen-bond donors (Lipinski definition) is 2. The molecule has 1 heterocycles. The van der Waals surface area contributed by atoms with Crippen LogP contribution in [0.3, 0.4) is 0 Å². The van der Waals surface area contributed by atoms with Crippen LogP contribution in [-0.2, 0) is 16.6 Å². The number of nitrogens with one attached hydrogen (secondary N) is 1. The molecule has 1 aliphatic carbocycles. The van der Waals surface area contributed by atoms with Crippen molar-refractivity contribution in [1.29, 1.82) is 0 Å². The number of rotatable bonds is 4. The summed E-state index contributed by atoms with van der Waals surface area (Å²) in [5.74, 6) is 2.59. The van der Waals surface area contributed by atoms with Crippen molar-refractivity contribution in [3.63, 3.8) is 0 Å². The van der Waals surface area contributed by atoms with Crippen LogP contribution < -0.4 is 10.5 Å². The van der Waals surface area contributed by atoms with Gasteiger partial charge in [0.2, 0.25) is 10.0 Å². The number of primary sulfonamides is 1. The van der Waals surface area contributed by atoms with Crippen LogP contribution in [0, 0.1) is 11.8 Å². The molecule has 1 saturated carbocycles. The lowest BCUT2D eigenvalue weighted by Gasteiger charge is -2.22. The van der Waals surface area contributed by atoms with Crippen LogP contribution >= 0.6 is 0 Å². The van der Waals surface area contributed by atoms with Gasteiger partial charge in [-0.25, -0.2) is 18.5 Å². The summed E-state index contributed by atoms with van der Waals surface area (Å²) >= 11 is 0. The maximum atomic E-state index is 11.3. The van der Waals surface area contributed by atoms with Crippen LogP contribution in [0.1, 0.15) is 38.2 Å². The minimum atomic E-state index is -3.64. The molecule has 2 aliphatic rings. The third-order valence-electron chi connectivity index (χ3n) is 5.27. The summed E-state index contributed by atoms with van der Waals surface area (Å²) in [6.07, 6.45) is 5.41. The van der Waals surface area contributed by atoms with E-state index in [2.05, 4.69) is 17.1 Å². The third-order valence-corrected chi connectivity index (χ3v) is 6.20. The lowest BCUT2D eigenvalue weighted by molar-refractivity contribution is 0.299. The average Bonchev–Trinajstić information content (AvgIpc) is 3.02. The van der Waals surface area contributed by atoms with E-state index in [0.717, 1.165) is 43.0 Å². The van der Waals surface area contributed by atoms with Gasteiger partial charge in [-0.1, -0.05) is 25.0 Å². The van der Waals surface area contributed by atoms with Crippen molar-refractivity contribution < 1.29 is 8.42 Å². The summed E-state index contributed by atoms with van der Waals surface area (Å²) in [5, 5.41) is 8.54. The van der Waals surface area contributed by atoms with E-state index in [1.165, 1.54) is 37.8 Å². The average molecular weight is 365 g/mol. The molecule has 25 heavy (non-hydrogen) atoms. The number of fused-ring (bicyclic) bond motifs is 1. The monoisotopic (exact) mass is 364 g/mol. The van der Waals surface area contributed by atoms with Gasteiger partial charge < -0.3 is 10.2 Å². The Morgan fingerprint density at radius 2 is 1.80 bits per heavy atom. The van der Waals surface area contributed by atoms with Crippen molar-refractivity contribution in [2.75, 3.05) is 19.6 Å². The summed E-state index contributed by atoms with van der Waals surface area (Å²) < 4.78 is 22.7. The van der Waals surface area contributed by atoms with E-state index < -0.39 is 10.0 Å². The Morgan fingerprint density at radius 3 is 2.32 bits per heavy atom. The Bertz CT molecular complexity index is 701. The van der Waals surface area contributed by atoms with Crippen LogP contribution in [0.25, 0.3) is 0 Å². The first-order chi connectivity index (χ1) is 12.0. The van der Waals surface area contributed by atoms with Gasteiger partial charge in [-0.2, -0.15) is 0 Å². The summed E-state index contributed by atoms with van der Waals surface area (Å²) in [4.78, 5) is 7.29. The number of sulfonamides is 1. The van der Waals surface area contributed by atoms with Gasteiger partial charge in [0.15, 0.2) is 5.96 Å². The van der Waals surface area contributed by atoms with Crippen molar-refractivity contribution >= 4 is 16.0 Å². The molecule has 1 aliphatic heterocycles. The minimum Gasteiger partial charge on any atom is -0.357 e. The van der Waals surface area contributed by atoms with Gasteiger partial charge in [0, 0.05) is 19.6 Å². The Hall–Kier alpha value is -1.60. The number of benzene rings is 1. The Kier molecular flexibility index (Phi) is 5.64. The normalized spacial score (nSPS) is 24.2. The topological polar surface area (TPSA) is 87.8 Å². The molecule has 138 valence electrons. The van der Waals surface area contributed by atoms with Gasteiger partial charge in [0.1, 0.15) is 0 Å². The summed E-state index contributed by atoms with van der Waals surface area (Å²) in [6.45, 7) is 5.65. The number of hydrogen-bond acceptors (Lipinski definition) is 3. The fourth-order valence-corrected chi connectivity index (χ4v) is 4.47. The third kappa shape index (κ3) is 4.52. The maximum Gasteiger partial charge on any atom is 0.238 e. The van der Waals surface area contributed by atoms with Gasteiger partial charge in [-0.15, -0.1) is 0 Å². The lowest BCUT2D eigenvalue weighted by atomic mass is 9.82. The molecule has 0 bridgehead atoms. The largest absolute Gasteiger partial charge is 0.357 e. The zero-order chi connectivity index (χ0) is 17.9. The van der Waals surface area contributed by atoms with Crippen molar-refractivity contribution in [3.05, 3.63) is 29.8 Å². The molecule has 1 aromatic rings. The van der Waals surface area contributed by atoms with E-state index in [9.17, 15) is 8.42 Å². The fourth-order valence-electron chi connectivity index (χ4n) is 3.96. The minimum absolute atomic E-state index is 0.135. The van der Waals surface area contributed by atoms with Crippen molar-refractivity contribution in [2.24, 2.45) is 22.0 Å². The predicted molar refractivity (Wildman–Crippen MR) is 99.7 cm³/mol. The molecular weight excluding hydrogens is 336 g/mol. The Labute approximate surface area is 150 Å². The van der Waals surface area contributed by atoms with Crippen LogP contribution in [0.5, 0.6) is 0 Å². The number of nitrogens with zero attached hydrogens (tertiary/aromatic N) is 2. The van der Waals surface area contributed by atoms with Crippen molar-refractivity contribution in [1.82, 2.24) is 10.2 Å². The summed E-state index contributed by atoms with van der Waals surface area (Å²) in [7, 11) is -3.64. The van der Waals surface area contributed by atoms with Gasteiger partial charge in [-0.05, 0) is 49.3 Å². The predicted octanol–water partition coefficient (Wildman–Crippen LogP) is 1.92. The van der Waals surface area contributed by atoms with E-state index in [0.29, 0.717) is 6.54 Å². The lowest BCUT2D eigenvalue weighted by Crippen LogP contribution is -2.40. The first kappa shape index (κ1) is 18.2. The molecule has 6 nitrogen and oxygen atoms in total. The molecule has 0 spiro atoms. The van der Waals surface area contributed by atoms with Crippen molar-refractivity contribution in [3.8, 4) is 0 Å². The standard InChI is InChI=1S/C18H28N4O2S/c1-2-20-18(22-12-15-5-3-4-6-16(15)13-22)21-11-14-7-9-17(10-8-14)25(19,23)24/h7-10,15-16H,2-6,11-13H2,1H3,(H,20,21)(H2,19,23,24). The van der Waals surface area contributed by atoms with Gasteiger partial charge >= 0.3 is 0 Å². The molecule has 0 amide bonds. The van der Waals surface area contributed by atoms with E-state index in [1.54, 1.807) is 12.1 Å². The number of aliphatic imine (C=N–C) groups is 1. The van der Waals surface area contributed by atoms with Crippen LogP contribution in [0.4, 0.5) is 0 Å². The van der Waals surface area contributed by atoms with Crippen LogP contribution in [-0.4, -0.2) is 38.9 Å². The molecule has 2 fully saturated rings. The molecule has 7 heteroatoms. The van der Waals surface area contributed by atoms with Crippen LogP contribution in [0.2, 0.25) is 0 Å². The highest BCUT2D eigenvalue weighted by atomic mass is 32.2. The van der Waals surface area contributed by atoms with Gasteiger partial charge in [0.25, 0.3) is 0 Å². The van der Waals surface area contributed by atoms with E-state index in [4.69, 9.17) is 10.1 Å². The number of nitrogens with two attached hydrogens (primary N) is 1. The molecule has 0 radical (unpaired) electrons. The highest BCUT2D eigenvalue weighted by Crippen LogP contribution is 2.35. The smallest absolute Gasteiger partial charge is 0.238 e. The molecule has 1 aromatic carbocycles. The van der Waals surface area contributed by atoms with Gasteiger partial charge in [0.05, 0.1) is 11.4 Å². The first-order valence-corrected chi connectivity index (χ1v) is 10.7. The SMILES string of the molecule is CCNC(=NCc1ccc(S(N)(=O)=O)cc1)N1CC2CCCCC2C1. The molecule has 3 N–H and O–H groups in total. The molecule has 1 saturated heterocycles. The van der Waals surface area contributed by atoms with E-state index in [-0.39, 0.29) is 4.90 Å². The second-order valence-electron chi connectivity index (χ2n) is 7.07. The molecule has 2 atom stereocenters. The second-order valence-corrected chi connectivity index (χ2v) is 8.63. The zero-order valence-electron chi connectivity index (χ0n) is 14.8.